The Morgan fingerprint density at radius 1 is 1.23 bits per heavy atom. The van der Waals surface area contributed by atoms with Gasteiger partial charge < -0.3 is 15.0 Å². The molecule has 1 fully saturated rings. The molecule has 5 rings (SSSR count). The average molecular weight is 617 g/mol. The molecule has 0 unspecified atom stereocenters. The van der Waals surface area contributed by atoms with Crippen LogP contribution in [0.25, 0.3) is 5.69 Å². The van der Waals surface area contributed by atoms with Crippen LogP contribution >= 0.6 is 15.9 Å². The molecule has 3 aromatic rings. The van der Waals surface area contributed by atoms with Crippen molar-refractivity contribution >= 4 is 27.8 Å². The van der Waals surface area contributed by atoms with E-state index in [0.29, 0.717) is 16.9 Å². The standard InChI is InChI=1S/C29H28BrF3N4O3/c1-4-16(2)34-28-35-25-15-36(26(38)18-5-12-24(30)23(14-18)29(31,32)33)17(3)13-22(25)27(39)37(28)19-6-8-20(9-7-19)40-21-10-11-21/h4-9,12,14,16-17,21H,1,10-11,13,15H2,2-3H3,(H,34,35)/t16-,17+/m0/s1. The number of alkyl halides is 3. The largest absolute Gasteiger partial charge is 0.490 e. The Bertz CT molecular complexity index is 1520. The summed E-state index contributed by atoms with van der Waals surface area (Å²) in [4.78, 5) is 33.4. The Balaban J connectivity index is 1.51. The summed E-state index contributed by atoms with van der Waals surface area (Å²) in [7, 11) is 0. The van der Waals surface area contributed by atoms with E-state index in [9.17, 15) is 22.8 Å². The highest BCUT2D eigenvalue weighted by atomic mass is 79.9. The first-order chi connectivity index (χ1) is 19.0. The molecule has 2 aromatic carbocycles. The van der Waals surface area contributed by atoms with Gasteiger partial charge in [-0.15, -0.1) is 6.58 Å². The van der Waals surface area contributed by atoms with E-state index in [4.69, 9.17) is 9.72 Å². The molecule has 0 bridgehead atoms. The quantitative estimate of drug-likeness (QED) is 0.323. The van der Waals surface area contributed by atoms with Gasteiger partial charge in [0, 0.05) is 27.7 Å². The molecule has 0 spiro atoms. The fraction of sp³-hybridized carbons (Fsp3) is 0.345. The van der Waals surface area contributed by atoms with Crippen LogP contribution in [-0.2, 0) is 19.1 Å². The van der Waals surface area contributed by atoms with E-state index in [1.807, 2.05) is 19.1 Å². The third-order valence-corrected chi connectivity index (χ3v) is 7.72. The number of halogens is 4. The van der Waals surface area contributed by atoms with Crippen LogP contribution in [0, 0.1) is 0 Å². The van der Waals surface area contributed by atoms with Gasteiger partial charge in [0.15, 0.2) is 0 Å². The van der Waals surface area contributed by atoms with Gasteiger partial charge in [0.2, 0.25) is 5.95 Å². The van der Waals surface area contributed by atoms with Crippen LogP contribution in [0.3, 0.4) is 0 Å². The van der Waals surface area contributed by atoms with Crippen molar-refractivity contribution in [1.29, 1.82) is 0 Å². The number of ether oxygens (including phenoxy) is 1. The second-order valence-corrected chi connectivity index (χ2v) is 11.0. The number of rotatable bonds is 7. The third kappa shape index (κ3) is 5.65. The molecule has 1 amide bonds. The van der Waals surface area contributed by atoms with E-state index in [0.717, 1.165) is 24.7 Å². The molecule has 40 heavy (non-hydrogen) atoms. The van der Waals surface area contributed by atoms with E-state index in [1.54, 1.807) is 25.1 Å². The number of hydrogen-bond acceptors (Lipinski definition) is 5. The number of anilines is 1. The molecule has 2 atom stereocenters. The number of aromatic nitrogens is 2. The molecule has 2 aliphatic rings. The monoisotopic (exact) mass is 616 g/mol. The molecule has 0 radical (unpaired) electrons. The Hall–Kier alpha value is -3.60. The highest BCUT2D eigenvalue weighted by molar-refractivity contribution is 9.10. The minimum atomic E-state index is -4.62. The number of carbonyl (C=O) groups excluding carboxylic acids is 1. The summed E-state index contributed by atoms with van der Waals surface area (Å²) < 4.78 is 47.6. The molecule has 1 aromatic heterocycles. The van der Waals surface area contributed by atoms with Gasteiger partial charge in [0.05, 0.1) is 29.6 Å². The van der Waals surface area contributed by atoms with Gasteiger partial charge in [0.25, 0.3) is 11.5 Å². The topological polar surface area (TPSA) is 76.5 Å². The van der Waals surface area contributed by atoms with Crippen molar-refractivity contribution < 1.29 is 22.7 Å². The Morgan fingerprint density at radius 3 is 2.55 bits per heavy atom. The zero-order valence-corrected chi connectivity index (χ0v) is 23.6. The third-order valence-electron chi connectivity index (χ3n) is 7.03. The number of nitrogens with zero attached hydrogens (tertiary/aromatic N) is 3. The van der Waals surface area contributed by atoms with Crippen molar-refractivity contribution in [2.45, 2.75) is 64.0 Å². The Labute approximate surface area is 237 Å². The molecule has 1 saturated carbocycles. The molecule has 7 nitrogen and oxygen atoms in total. The molecule has 210 valence electrons. The molecular formula is C29H28BrF3N4O3. The normalized spacial score (nSPS) is 17.6. The first kappa shape index (κ1) is 27.9. The predicted octanol–water partition coefficient (Wildman–Crippen LogP) is 6.13. The zero-order valence-electron chi connectivity index (χ0n) is 22.0. The number of carbonyl (C=O) groups is 1. The highest BCUT2D eigenvalue weighted by Crippen LogP contribution is 2.36. The van der Waals surface area contributed by atoms with Crippen LogP contribution < -0.4 is 15.6 Å². The van der Waals surface area contributed by atoms with Crippen LogP contribution in [0.1, 0.15) is 53.9 Å². The van der Waals surface area contributed by atoms with E-state index in [2.05, 4.69) is 27.8 Å². The molecule has 1 N–H and O–H groups in total. The summed E-state index contributed by atoms with van der Waals surface area (Å²) in [5.41, 5.74) is 0.158. The van der Waals surface area contributed by atoms with Crippen molar-refractivity contribution in [1.82, 2.24) is 14.5 Å². The van der Waals surface area contributed by atoms with Gasteiger partial charge >= 0.3 is 6.18 Å². The maximum Gasteiger partial charge on any atom is 0.417 e. The maximum absolute atomic E-state index is 13.9. The molecule has 1 aliphatic carbocycles. The average Bonchev–Trinajstić information content (AvgIpc) is 3.73. The summed E-state index contributed by atoms with van der Waals surface area (Å²) in [6, 6.07) is 9.97. The molecule has 11 heteroatoms. The fourth-order valence-electron chi connectivity index (χ4n) is 4.62. The lowest BCUT2D eigenvalue weighted by Crippen LogP contribution is -2.46. The number of benzene rings is 2. The molecular weight excluding hydrogens is 589 g/mol. The van der Waals surface area contributed by atoms with Crippen molar-refractivity contribution in [3.63, 3.8) is 0 Å². The van der Waals surface area contributed by atoms with Crippen molar-refractivity contribution in [3.8, 4) is 11.4 Å². The highest BCUT2D eigenvalue weighted by Gasteiger charge is 2.36. The summed E-state index contributed by atoms with van der Waals surface area (Å²) in [6.07, 6.45) is -0.429. The number of nitrogens with one attached hydrogen (secondary N) is 1. The van der Waals surface area contributed by atoms with Crippen molar-refractivity contribution in [3.05, 3.63) is 92.3 Å². The van der Waals surface area contributed by atoms with E-state index >= 15 is 0 Å². The fourth-order valence-corrected chi connectivity index (χ4v) is 5.09. The lowest BCUT2D eigenvalue weighted by Gasteiger charge is -2.35. The summed E-state index contributed by atoms with van der Waals surface area (Å²) >= 11 is 2.92. The number of fused-ring (bicyclic) bond motifs is 1. The van der Waals surface area contributed by atoms with Crippen LogP contribution in [0.15, 0.2) is 64.4 Å². The van der Waals surface area contributed by atoms with Crippen LogP contribution in [0.2, 0.25) is 0 Å². The zero-order chi connectivity index (χ0) is 28.8. The van der Waals surface area contributed by atoms with Crippen LogP contribution in [0.4, 0.5) is 19.1 Å². The smallest absolute Gasteiger partial charge is 0.417 e. The molecule has 0 saturated heterocycles. The second kappa shape index (κ2) is 10.8. The van der Waals surface area contributed by atoms with Crippen molar-refractivity contribution in [2.75, 3.05) is 5.32 Å². The second-order valence-electron chi connectivity index (χ2n) is 10.2. The van der Waals surface area contributed by atoms with Gasteiger partial charge in [-0.2, -0.15) is 13.2 Å². The summed E-state index contributed by atoms with van der Waals surface area (Å²) in [5, 5.41) is 3.19. The van der Waals surface area contributed by atoms with Crippen LogP contribution in [0.5, 0.6) is 5.75 Å². The summed E-state index contributed by atoms with van der Waals surface area (Å²) in [5.74, 6) is 0.433. The van der Waals surface area contributed by atoms with Gasteiger partial charge in [-0.1, -0.05) is 22.0 Å². The SMILES string of the molecule is C=C[C@H](C)Nc1nc2c(c(=O)n1-c1ccc(OC3CC3)cc1)C[C@@H](C)N(C(=O)c1ccc(Br)c(C(F)(F)F)c1)C2. The van der Waals surface area contributed by atoms with E-state index in [1.165, 1.54) is 21.6 Å². The molecule has 2 heterocycles. The van der Waals surface area contributed by atoms with E-state index < -0.39 is 23.7 Å². The first-order valence-electron chi connectivity index (χ1n) is 12.9. The summed E-state index contributed by atoms with van der Waals surface area (Å²) in [6.45, 7) is 7.40. The van der Waals surface area contributed by atoms with Crippen LogP contribution in [-0.4, -0.2) is 38.5 Å². The Morgan fingerprint density at radius 2 is 1.93 bits per heavy atom. The van der Waals surface area contributed by atoms with Crippen molar-refractivity contribution in [2.24, 2.45) is 0 Å². The van der Waals surface area contributed by atoms with E-state index in [-0.39, 0.29) is 46.7 Å². The van der Waals surface area contributed by atoms with Gasteiger partial charge in [-0.05, 0) is 75.6 Å². The number of hydrogen-bond donors (Lipinski definition) is 1. The number of amides is 1. The van der Waals surface area contributed by atoms with Gasteiger partial charge in [-0.3, -0.25) is 9.59 Å². The lowest BCUT2D eigenvalue weighted by molar-refractivity contribution is -0.138. The maximum atomic E-state index is 13.9. The minimum Gasteiger partial charge on any atom is -0.490 e. The first-order valence-corrected chi connectivity index (χ1v) is 13.7. The molecule has 1 aliphatic heterocycles. The lowest BCUT2D eigenvalue weighted by atomic mass is 9.98. The minimum absolute atomic E-state index is 0.0197. The van der Waals surface area contributed by atoms with Gasteiger partial charge in [0.1, 0.15) is 5.75 Å². The predicted molar refractivity (Wildman–Crippen MR) is 149 cm³/mol. The Kier molecular flexibility index (Phi) is 7.52. The van der Waals surface area contributed by atoms with Gasteiger partial charge in [-0.25, -0.2) is 9.55 Å².